The minimum atomic E-state index is -4.72. The van der Waals surface area contributed by atoms with Gasteiger partial charge in [0.25, 0.3) is 0 Å². The van der Waals surface area contributed by atoms with Crippen LogP contribution in [-0.2, 0) is 14.9 Å². The van der Waals surface area contributed by atoms with Crippen LogP contribution in [0.25, 0.3) is 0 Å². The number of hydrogen-bond acceptors (Lipinski definition) is 4. The van der Waals surface area contributed by atoms with E-state index >= 15 is 0 Å². The third kappa shape index (κ3) is 10.7. The average molecular weight is 132 g/mol. The number of hydrogen-bond donors (Lipinski definition) is 0. The van der Waals surface area contributed by atoms with Crippen molar-refractivity contribution in [3.8, 4) is 0 Å². The first-order valence-corrected chi connectivity index (χ1v) is 2.32. The topological polar surface area (TPSA) is 74.3 Å². The smallest absolute Gasteiger partial charge is 0.771 e. The van der Waals surface area contributed by atoms with E-state index < -0.39 is 10.1 Å². The van der Waals surface area contributed by atoms with E-state index in [-0.39, 0.29) is 28.7 Å². The van der Waals surface area contributed by atoms with Gasteiger partial charge in [-0.3, -0.25) is 8.42 Å². The minimum absolute atomic E-state index is 0. The second-order valence-corrected chi connectivity index (χ2v) is 1.61. The van der Waals surface area contributed by atoms with Crippen LogP contribution in [0, 0.1) is 0 Å². The maximum absolute atomic E-state index is 9.02. The Hall–Kier alpha value is 0.346. The van der Waals surface area contributed by atoms with E-state index in [0.717, 1.165) is 0 Å². The van der Waals surface area contributed by atoms with Crippen molar-refractivity contribution < 1.29 is 17.8 Å². The van der Waals surface area contributed by atoms with Crippen molar-refractivity contribution in [1.82, 2.24) is 0 Å². The van der Waals surface area contributed by atoms with Crippen LogP contribution in [0.2, 0.25) is 0 Å². The maximum atomic E-state index is 9.02. The molecule has 36 valence electrons. The molecule has 0 atom stereocenters. The van der Waals surface area contributed by atoms with Gasteiger partial charge in [-0.05, 0) is 10.1 Å². The van der Waals surface area contributed by atoms with Crippen LogP contribution in [0.3, 0.4) is 0 Å². The molecule has 4 nitrogen and oxygen atoms in total. The van der Waals surface area contributed by atoms with E-state index in [4.69, 9.17) is 17.8 Å². The summed E-state index contributed by atoms with van der Waals surface area (Å²) < 4.78 is 27.1. The molecule has 0 saturated heterocycles. The molecule has 0 amide bonds. The Bertz CT molecular complexity index is 122. The maximum Gasteiger partial charge on any atom is 2.00 e. The average Bonchev–Trinajstić information content (AvgIpc) is 1.35. The van der Waals surface area contributed by atoms with Gasteiger partial charge in [-0.25, -0.2) is 0 Å². The Kier molecular flexibility index (Phi) is 4.97. The molecule has 0 bridgehead atoms. The zero-order valence-corrected chi connectivity index (χ0v) is 5.48. The zero-order chi connectivity index (χ0) is 5.21. The summed E-state index contributed by atoms with van der Waals surface area (Å²) in [7, 11) is -4.72. The van der Waals surface area contributed by atoms with Crippen LogP contribution in [0.5, 0.6) is 0 Å². The molecule has 0 heterocycles. The number of rotatable bonds is 1. The Balaban J connectivity index is 0. The summed E-state index contributed by atoms with van der Waals surface area (Å²) in [4.78, 5) is 8.80. The van der Waals surface area contributed by atoms with E-state index in [0.29, 0.717) is 0 Å². The van der Waals surface area contributed by atoms with Gasteiger partial charge in [0.2, 0.25) is 0 Å². The fourth-order valence-electron chi connectivity index (χ4n) is 0. The molecule has 0 aromatic heterocycles. The largest absolute Gasteiger partial charge is 2.00 e. The molecule has 0 radical (unpaired) electrons. The Morgan fingerprint density at radius 3 is 1.57 bits per heavy atom. The summed E-state index contributed by atoms with van der Waals surface area (Å²) in [5.74, 6) is 0. The van der Waals surface area contributed by atoms with Crippen LogP contribution < -0.4 is 0 Å². The summed E-state index contributed by atoms with van der Waals surface area (Å²) >= 11 is 0. The molecule has 0 unspecified atom stereocenters. The molecule has 0 aromatic carbocycles. The van der Waals surface area contributed by atoms with Crippen molar-refractivity contribution in [2.45, 2.75) is 0 Å². The minimum Gasteiger partial charge on any atom is -0.771 e. The van der Waals surface area contributed by atoms with Crippen LogP contribution in [-0.4, -0.2) is 41.6 Å². The van der Waals surface area contributed by atoms with E-state index in [1.165, 1.54) is 0 Å². The van der Waals surface area contributed by atoms with Gasteiger partial charge in [-0.1, -0.05) is 0 Å². The summed E-state index contributed by atoms with van der Waals surface area (Å²) in [5.41, 5.74) is 0.271. The first-order chi connectivity index (χ1) is 2.56. The standard InChI is InChI=1S/CHO4S.Mg/c2-1-6(3,4)5;/h(H,3,4,5);/q-1;+2/p-1. The normalized spacial score (nSPS) is 9.29. The zero-order valence-electron chi connectivity index (χ0n) is 3.25. The monoisotopic (exact) mass is 132 g/mol. The SMILES string of the molecule is O=[C-]S(=O)(=O)[O-].[Mg+2]. The van der Waals surface area contributed by atoms with E-state index in [2.05, 4.69) is 0 Å². The van der Waals surface area contributed by atoms with Crippen molar-refractivity contribution in [3.05, 3.63) is 0 Å². The molecule has 0 fully saturated rings. The molecule has 0 N–H and O–H groups in total. The summed E-state index contributed by atoms with van der Waals surface area (Å²) in [5, 5.41) is 0. The van der Waals surface area contributed by atoms with Gasteiger partial charge in [0.1, 0.15) is 0 Å². The fraction of sp³-hybridized carbons (Fsp3) is 0. The molecule has 6 heteroatoms. The molecule has 0 aromatic rings. The first kappa shape index (κ1) is 10.4. The fourth-order valence-corrected chi connectivity index (χ4v) is 0. The second-order valence-electron chi connectivity index (χ2n) is 0.537. The Morgan fingerprint density at radius 1 is 1.43 bits per heavy atom. The van der Waals surface area contributed by atoms with Gasteiger partial charge >= 0.3 is 23.1 Å². The third-order valence-electron chi connectivity index (χ3n) is 0.102. The van der Waals surface area contributed by atoms with Crippen molar-refractivity contribution in [2.75, 3.05) is 0 Å². The van der Waals surface area contributed by atoms with Gasteiger partial charge < -0.3 is 9.35 Å². The molecular formula is CMgO4S. The van der Waals surface area contributed by atoms with Crippen LogP contribution in [0.1, 0.15) is 0 Å². The molecule has 0 rings (SSSR count). The molecule has 0 aliphatic carbocycles. The summed E-state index contributed by atoms with van der Waals surface area (Å²) in [6, 6.07) is 0. The van der Waals surface area contributed by atoms with Gasteiger partial charge in [-0.15, -0.1) is 5.62 Å². The predicted molar refractivity (Wildman–Crippen MR) is 21.1 cm³/mol. The van der Waals surface area contributed by atoms with E-state index in [1.807, 2.05) is 0 Å². The van der Waals surface area contributed by atoms with E-state index in [9.17, 15) is 0 Å². The van der Waals surface area contributed by atoms with Gasteiger partial charge in [-0.2, -0.15) is 0 Å². The molecule has 0 aliphatic heterocycles. The van der Waals surface area contributed by atoms with Crippen molar-refractivity contribution in [2.24, 2.45) is 0 Å². The van der Waals surface area contributed by atoms with Crippen LogP contribution in [0.15, 0.2) is 0 Å². The Morgan fingerprint density at radius 2 is 1.57 bits per heavy atom. The van der Waals surface area contributed by atoms with Gasteiger partial charge in [0, 0.05) is 0 Å². The quantitative estimate of drug-likeness (QED) is 0.240. The van der Waals surface area contributed by atoms with Crippen molar-refractivity contribution >= 4 is 38.8 Å². The summed E-state index contributed by atoms with van der Waals surface area (Å²) in [6.45, 7) is 0. The molecular weight excluding hydrogens is 132 g/mol. The first-order valence-electron chi connectivity index (χ1n) is 0.908. The molecule has 0 aliphatic rings. The molecule has 0 spiro atoms. The third-order valence-corrected chi connectivity index (χ3v) is 0.306. The van der Waals surface area contributed by atoms with Crippen LogP contribution >= 0.6 is 0 Å². The molecule has 0 saturated carbocycles. The van der Waals surface area contributed by atoms with Gasteiger partial charge in [0.05, 0.1) is 0 Å². The number of carbonyl (C=O) groups excluding carboxylic acids is 1. The van der Waals surface area contributed by atoms with Crippen molar-refractivity contribution in [1.29, 1.82) is 0 Å². The van der Waals surface area contributed by atoms with Gasteiger partial charge in [0.15, 0.2) is 0 Å². The molecule has 7 heavy (non-hydrogen) atoms. The van der Waals surface area contributed by atoms with Crippen LogP contribution in [0.4, 0.5) is 0 Å². The second kappa shape index (κ2) is 3.36. The summed E-state index contributed by atoms with van der Waals surface area (Å²) in [6.07, 6.45) is 0. The van der Waals surface area contributed by atoms with Crippen molar-refractivity contribution in [3.63, 3.8) is 0 Å². The van der Waals surface area contributed by atoms with E-state index in [1.54, 1.807) is 0 Å². The predicted octanol–water partition coefficient (Wildman–Crippen LogP) is -1.78. The Labute approximate surface area is 56.8 Å².